The van der Waals surface area contributed by atoms with Crippen molar-refractivity contribution in [2.75, 3.05) is 11.9 Å². The number of para-hydroxylation sites is 2. The van der Waals surface area contributed by atoms with Crippen LogP contribution in [0.4, 0.5) is 5.69 Å². The van der Waals surface area contributed by atoms with Crippen LogP contribution in [-0.4, -0.2) is 18.4 Å². The number of rotatable bonds is 5. The molecule has 0 unspecified atom stereocenters. The van der Waals surface area contributed by atoms with E-state index in [2.05, 4.69) is 10.6 Å². The van der Waals surface area contributed by atoms with Gasteiger partial charge in [-0.3, -0.25) is 9.59 Å². The molecular formula is C24H22N2O3. The molecule has 1 aliphatic heterocycles. The Labute approximate surface area is 169 Å². The van der Waals surface area contributed by atoms with Crippen LogP contribution in [0.5, 0.6) is 11.5 Å². The zero-order chi connectivity index (χ0) is 20.2. The van der Waals surface area contributed by atoms with E-state index in [9.17, 15) is 9.59 Å². The number of ether oxygens (including phenoxy) is 1. The molecule has 0 spiro atoms. The Morgan fingerprint density at radius 2 is 1.45 bits per heavy atom. The number of hydrogen-bond donors (Lipinski definition) is 2. The number of fused-ring (bicyclic) bond motifs is 2. The Kier molecular flexibility index (Phi) is 5.29. The van der Waals surface area contributed by atoms with Crippen molar-refractivity contribution in [1.29, 1.82) is 0 Å². The van der Waals surface area contributed by atoms with Gasteiger partial charge in [0.1, 0.15) is 11.5 Å². The molecule has 146 valence electrons. The van der Waals surface area contributed by atoms with Crippen LogP contribution in [0, 0.1) is 0 Å². The van der Waals surface area contributed by atoms with Crippen molar-refractivity contribution in [3.8, 4) is 11.5 Å². The van der Waals surface area contributed by atoms with E-state index in [1.54, 1.807) is 24.3 Å². The second-order valence-corrected chi connectivity index (χ2v) is 6.93. The number of hydrogen-bond acceptors (Lipinski definition) is 3. The molecule has 3 aromatic carbocycles. The van der Waals surface area contributed by atoms with E-state index in [0.29, 0.717) is 29.3 Å². The highest BCUT2D eigenvalue weighted by atomic mass is 16.5. The van der Waals surface area contributed by atoms with Crippen LogP contribution in [0.1, 0.15) is 40.7 Å². The highest BCUT2D eigenvalue weighted by Gasteiger charge is 2.32. The third-order valence-corrected chi connectivity index (χ3v) is 4.89. The monoisotopic (exact) mass is 386 g/mol. The number of anilines is 1. The molecule has 0 bridgehead atoms. The first kappa shape index (κ1) is 18.7. The molecule has 29 heavy (non-hydrogen) atoms. The highest BCUT2D eigenvalue weighted by molar-refractivity contribution is 6.00. The fourth-order valence-corrected chi connectivity index (χ4v) is 3.45. The molecule has 3 aromatic rings. The summed E-state index contributed by atoms with van der Waals surface area (Å²) in [6.45, 7) is 2.64. The van der Waals surface area contributed by atoms with Gasteiger partial charge in [0.25, 0.3) is 5.91 Å². The van der Waals surface area contributed by atoms with Crippen molar-refractivity contribution < 1.29 is 14.3 Å². The molecule has 0 radical (unpaired) electrons. The lowest BCUT2D eigenvalue weighted by Crippen LogP contribution is -2.25. The Morgan fingerprint density at radius 1 is 0.862 bits per heavy atom. The molecule has 2 amide bonds. The largest absolute Gasteiger partial charge is 0.457 e. The van der Waals surface area contributed by atoms with E-state index >= 15 is 0 Å². The molecule has 5 heteroatoms. The number of carbonyl (C=O) groups is 2. The van der Waals surface area contributed by atoms with E-state index in [4.69, 9.17) is 4.74 Å². The van der Waals surface area contributed by atoms with Crippen molar-refractivity contribution in [3.05, 3.63) is 89.5 Å². The maximum atomic E-state index is 13.2. The van der Waals surface area contributed by atoms with E-state index in [1.165, 1.54) is 0 Å². The second kappa shape index (κ2) is 8.19. The summed E-state index contributed by atoms with van der Waals surface area (Å²) < 4.78 is 5.96. The first-order chi connectivity index (χ1) is 14.2. The van der Waals surface area contributed by atoms with Gasteiger partial charge in [-0.15, -0.1) is 0 Å². The van der Waals surface area contributed by atoms with Crippen LogP contribution in [0.25, 0.3) is 0 Å². The Hall–Kier alpha value is -3.60. The SMILES string of the molecule is CCCNC(=O)c1ccc(NC(=O)C2c3ccccc3Oc3ccccc32)cc1. The maximum absolute atomic E-state index is 13.2. The lowest BCUT2D eigenvalue weighted by Gasteiger charge is -2.27. The fourth-order valence-electron chi connectivity index (χ4n) is 3.45. The minimum Gasteiger partial charge on any atom is -0.457 e. The van der Waals surface area contributed by atoms with Gasteiger partial charge in [-0.2, -0.15) is 0 Å². The van der Waals surface area contributed by atoms with E-state index in [-0.39, 0.29) is 11.8 Å². The van der Waals surface area contributed by atoms with Gasteiger partial charge < -0.3 is 15.4 Å². The van der Waals surface area contributed by atoms with Crippen molar-refractivity contribution in [2.45, 2.75) is 19.3 Å². The molecule has 0 aliphatic carbocycles. The lowest BCUT2D eigenvalue weighted by molar-refractivity contribution is -0.116. The van der Waals surface area contributed by atoms with Crippen molar-refractivity contribution in [3.63, 3.8) is 0 Å². The molecule has 1 aliphatic rings. The molecular weight excluding hydrogens is 364 g/mol. The van der Waals surface area contributed by atoms with Gasteiger partial charge in [0.2, 0.25) is 5.91 Å². The number of benzene rings is 3. The van der Waals surface area contributed by atoms with Crippen LogP contribution in [0.15, 0.2) is 72.8 Å². The zero-order valence-electron chi connectivity index (χ0n) is 16.1. The summed E-state index contributed by atoms with van der Waals surface area (Å²) in [6, 6.07) is 22.1. The molecule has 0 saturated heterocycles. The van der Waals surface area contributed by atoms with Crippen LogP contribution in [0.2, 0.25) is 0 Å². The predicted octanol–water partition coefficient (Wildman–Crippen LogP) is 4.70. The van der Waals surface area contributed by atoms with Crippen molar-refractivity contribution >= 4 is 17.5 Å². The smallest absolute Gasteiger partial charge is 0.251 e. The lowest BCUT2D eigenvalue weighted by atomic mass is 9.87. The van der Waals surface area contributed by atoms with Gasteiger partial charge in [0.05, 0.1) is 5.92 Å². The van der Waals surface area contributed by atoms with Gasteiger partial charge in [0.15, 0.2) is 0 Å². The normalized spacial score (nSPS) is 12.3. The number of carbonyl (C=O) groups excluding carboxylic acids is 2. The first-order valence-corrected chi connectivity index (χ1v) is 9.72. The average molecular weight is 386 g/mol. The Balaban J connectivity index is 1.57. The predicted molar refractivity (Wildman–Crippen MR) is 112 cm³/mol. The Morgan fingerprint density at radius 3 is 2.03 bits per heavy atom. The molecule has 0 atom stereocenters. The molecule has 0 saturated carbocycles. The number of amides is 2. The van der Waals surface area contributed by atoms with Crippen molar-refractivity contribution in [2.24, 2.45) is 0 Å². The van der Waals surface area contributed by atoms with E-state index < -0.39 is 5.92 Å². The molecule has 5 nitrogen and oxygen atoms in total. The average Bonchev–Trinajstić information content (AvgIpc) is 2.76. The van der Waals surface area contributed by atoms with Crippen LogP contribution in [-0.2, 0) is 4.79 Å². The summed E-state index contributed by atoms with van der Waals surface area (Å²) in [4.78, 5) is 25.3. The zero-order valence-corrected chi connectivity index (χ0v) is 16.1. The standard InChI is InChI=1S/C24H22N2O3/c1-2-15-25-23(27)16-11-13-17(14-12-16)26-24(28)22-18-7-3-5-9-20(18)29-21-10-6-4-8-19(21)22/h3-14,22H,2,15H2,1H3,(H,25,27)(H,26,28). The molecule has 1 heterocycles. The van der Waals surface area contributed by atoms with Crippen molar-refractivity contribution in [1.82, 2.24) is 5.32 Å². The minimum absolute atomic E-state index is 0.114. The summed E-state index contributed by atoms with van der Waals surface area (Å²) in [5.41, 5.74) is 2.88. The third kappa shape index (κ3) is 3.85. The summed E-state index contributed by atoms with van der Waals surface area (Å²) in [5.74, 6) is 0.653. The van der Waals surface area contributed by atoms with Gasteiger partial charge in [0, 0.05) is 28.9 Å². The van der Waals surface area contributed by atoms with Gasteiger partial charge in [-0.1, -0.05) is 43.3 Å². The minimum atomic E-state index is -0.469. The van der Waals surface area contributed by atoms with Gasteiger partial charge in [-0.25, -0.2) is 0 Å². The highest BCUT2D eigenvalue weighted by Crippen LogP contribution is 2.44. The summed E-state index contributed by atoms with van der Waals surface area (Å²) >= 11 is 0. The van der Waals surface area contributed by atoms with Crippen LogP contribution >= 0.6 is 0 Å². The topological polar surface area (TPSA) is 67.4 Å². The summed E-state index contributed by atoms with van der Waals surface area (Å²) in [5, 5.41) is 5.82. The maximum Gasteiger partial charge on any atom is 0.251 e. The van der Waals surface area contributed by atoms with Crippen LogP contribution in [0.3, 0.4) is 0 Å². The van der Waals surface area contributed by atoms with E-state index in [0.717, 1.165) is 17.5 Å². The number of nitrogens with one attached hydrogen (secondary N) is 2. The van der Waals surface area contributed by atoms with Gasteiger partial charge >= 0.3 is 0 Å². The second-order valence-electron chi connectivity index (χ2n) is 6.93. The van der Waals surface area contributed by atoms with Gasteiger partial charge in [-0.05, 0) is 42.8 Å². The quantitative estimate of drug-likeness (QED) is 0.668. The molecule has 2 N–H and O–H groups in total. The molecule has 0 aromatic heterocycles. The first-order valence-electron chi connectivity index (χ1n) is 9.72. The van der Waals surface area contributed by atoms with E-state index in [1.807, 2.05) is 55.5 Å². The Bertz CT molecular complexity index is 999. The summed E-state index contributed by atoms with van der Waals surface area (Å²) in [6.07, 6.45) is 0.883. The fraction of sp³-hybridized carbons (Fsp3) is 0.167. The third-order valence-electron chi connectivity index (χ3n) is 4.89. The molecule has 4 rings (SSSR count). The van der Waals surface area contributed by atoms with Crippen LogP contribution < -0.4 is 15.4 Å². The molecule has 0 fully saturated rings. The summed E-state index contributed by atoms with van der Waals surface area (Å²) in [7, 11) is 0.